The monoisotopic (exact) mass is 182 g/mol. The second-order valence-electron chi connectivity index (χ2n) is 2.24. The second kappa shape index (κ2) is 2.72. The molecule has 0 unspecified atom stereocenters. The maximum atomic E-state index is 8.81. The van der Waals surface area contributed by atoms with Crippen molar-refractivity contribution < 1.29 is 5.11 Å². The van der Waals surface area contributed by atoms with Crippen molar-refractivity contribution in [3.8, 4) is 0 Å². The summed E-state index contributed by atoms with van der Waals surface area (Å²) in [6, 6.07) is 1.64. The van der Waals surface area contributed by atoms with Gasteiger partial charge in [0.05, 0.1) is 12.3 Å². The van der Waals surface area contributed by atoms with Crippen molar-refractivity contribution in [2.24, 2.45) is 0 Å². The highest BCUT2D eigenvalue weighted by atomic mass is 32.1. The van der Waals surface area contributed by atoms with Gasteiger partial charge in [-0.25, -0.2) is 4.98 Å². The van der Waals surface area contributed by atoms with Crippen molar-refractivity contribution in [3.63, 3.8) is 0 Å². The van der Waals surface area contributed by atoms with Crippen LogP contribution in [0, 0.1) is 0 Å². The van der Waals surface area contributed by atoms with Crippen molar-refractivity contribution in [1.29, 1.82) is 0 Å². The van der Waals surface area contributed by atoms with Gasteiger partial charge in [-0.15, -0.1) is 12.6 Å². The Hall–Kier alpha value is -1.14. The van der Waals surface area contributed by atoms with Crippen molar-refractivity contribution in [2.45, 2.75) is 11.6 Å². The molecule has 0 bridgehead atoms. The molecule has 2 rings (SSSR count). The average Bonchev–Trinajstić information content (AvgIpc) is 2.52. The maximum absolute atomic E-state index is 8.81. The third kappa shape index (κ3) is 1.05. The van der Waals surface area contributed by atoms with Gasteiger partial charge in [-0.1, -0.05) is 0 Å². The van der Waals surface area contributed by atoms with E-state index in [0.717, 1.165) is 0 Å². The lowest BCUT2D eigenvalue weighted by molar-refractivity contribution is 0.276. The van der Waals surface area contributed by atoms with Crippen LogP contribution in [0.15, 0.2) is 17.4 Å². The number of aromatic nitrogens is 4. The largest absolute Gasteiger partial charge is 0.390 e. The number of hydrogen-bond donors (Lipinski definition) is 2. The van der Waals surface area contributed by atoms with Crippen LogP contribution >= 0.6 is 12.6 Å². The van der Waals surface area contributed by atoms with Crippen LogP contribution in [-0.4, -0.2) is 24.7 Å². The molecule has 2 aromatic heterocycles. The number of fused-ring (bicyclic) bond motifs is 1. The number of thiol groups is 1. The van der Waals surface area contributed by atoms with Gasteiger partial charge in [-0.3, -0.25) is 0 Å². The molecule has 62 valence electrons. The first-order chi connectivity index (χ1) is 5.81. The zero-order valence-corrected chi connectivity index (χ0v) is 6.94. The Morgan fingerprint density at radius 2 is 2.42 bits per heavy atom. The summed E-state index contributed by atoms with van der Waals surface area (Å²) in [5, 5.41) is 13.3. The molecule has 12 heavy (non-hydrogen) atoms. The number of aliphatic hydroxyl groups excluding tert-OH is 1. The number of rotatable bonds is 1. The summed E-state index contributed by atoms with van der Waals surface area (Å²) in [5.74, 6) is 0.451. The van der Waals surface area contributed by atoms with Crippen molar-refractivity contribution >= 4 is 18.4 Å². The van der Waals surface area contributed by atoms with Crippen molar-refractivity contribution in [3.05, 3.63) is 18.1 Å². The number of nitrogens with zero attached hydrogens (tertiary/aromatic N) is 4. The molecule has 0 saturated carbocycles. The van der Waals surface area contributed by atoms with Gasteiger partial charge < -0.3 is 5.11 Å². The lowest BCUT2D eigenvalue weighted by Crippen LogP contribution is -1.98. The van der Waals surface area contributed by atoms with Crippen LogP contribution in [-0.2, 0) is 6.61 Å². The summed E-state index contributed by atoms with van der Waals surface area (Å²) < 4.78 is 1.49. The summed E-state index contributed by atoms with van der Waals surface area (Å²) in [7, 11) is 0. The van der Waals surface area contributed by atoms with Crippen LogP contribution in [0.5, 0.6) is 0 Å². The molecule has 5 nitrogen and oxygen atoms in total. The molecule has 0 fully saturated rings. The van der Waals surface area contributed by atoms with Gasteiger partial charge in [0.1, 0.15) is 11.4 Å². The van der Waals surface area contributed by atoms with Gasteiger partial charge in [0.2, 0.25) is 0 Å². The minimum absolute atomic E-state index is 0.114. The lowest BCUT2D eigenvalue weighted by Gasteiger charge is -1.98. The lowest BCUT2D eigenvalue weighted by atomic mass is 10.4. The highest BCUT2D eigenvalue weighted by Crippen LogP contribution is 2.08. The van der Waals surface area contributed by atoms with E-state index in [-0.39, 0.29) is 6.61 Å². The van der Waals surface area contributed by atoms with Gasteiger partial charge in [-0.05, 0) is 6.07 Å². The molecular formula is C6H6N4OS. The van der Waals surface area contributed by atoms with E-state index in [1.807, 2.05) is 0 Å². The van der Waals surface area contributed by atoms with Gasteiger partial charge in [0, 0.05) is 0 Å². The van der Waals surface area contributed by atoms with Gasteiger partial charge >= 0.3 is 0 Å². The molecule has 0 aliphatic rings. The second-order valence-corrected chi connectivity index (χ2v) is 2.69. The Morgan fingerprint density at radius 1 is 1.58 bits per heavy atom. The minimum Gasteiger partial charge on any atom is -0.390 e. The molecule has 0 radical (unpaired) electrons. The van der Waals surface area contributed by atoms with E-state index in [4.69, 9.17) is 5.11 Å². The summed E-state index contributed by atoms with van der Waals surface area (Å²) in [5.41, 5.74) is 0.542. The predicted octanol–water partition coefficient (Wildman–Crippen LogP) is -0.0947. The molecule has 0 aliphatic carbocycles. The first kappa shape index (κ1) is 7.51. The zero-order chi connectivity index (χ0) is 8.55. The quantitative estimate of drug-likeness (QED) is 0.477. The smallest absolute Gasteiger partial charge is 0.253 e. The van der Waals surface area contributed by atoms with Crippen LogP contribution in [0.4, 0.5) is 0 Å². The normalized spacial score (nSPS) is 10.8. The number of hydrogen-bond acceptors (Lipinski definition) is 5. The minimum atomic E-state index is -0.114. The Labute approximate surface area is 73.5 Å². The first-order valence-corrected chi connectivity index (χ1v) is 3.75. The van der Waals surface area contributed by atoms with E-state index in [9.17, 15) is 0 Å². The van der Waals surface area contributed by atoms with E-state index >= 15 is 0 Å². The highest BCUT2D eigenvalue weighted by Gasteiger charge is 2.02. The fraction of sp³-hybridized carbons (Fsp3) is 0.167. The van der Waals surface area contributed by atoms with E-state index < -0.39 is 0 Å². The maximum Gasteiger partial charge on any atom is 0.253 e. The predicted molar refractivity (Wildman–Crippen MR) is 44.0 cm³/mol. The van der Waals surface area contributed by atoms with Gasteiger partial charge in [0.25, 0.3) is 5.78 Å². The third-order valence-corrected chi connectivity index (χ3v) is 1.77. The third-order valence-electron chi connectivity index (χ3n) is 1.45. The molecule has 0 amide bonds. The molecule has 0 aliphatic heterocycles. The molecule has 0 spiro atoms. The molecule has 0 aromatic carbocycles. The molecule has 0 atom stereocenters. The van der Waals surface area contributed by atoms with Gasteiger partial charge in [-0.2, -0.15) is 14.6 Å². The summed E-state index contributed by atoms with van der Waals surface area (Å²) in [6.07, 6.45) is 1.39. The topological polar surface area (TPSA) is 63.3 Å². The fourth-order valence-electron chi connectivity index (χ4n) is 0.925. The SMILES string of the molecule is OCc1cc(S)n2ncnc2n1. The fourth-order valence-corrected chi connectivity index (χ4v) is 1.22. The van der Waals surface area contributed by atoms with Crippen LogP contribution < -0.4 is 0 Å². The zero-order valence-electron chi connectivity index (χ0n) is 6.05. The van der Waals surface area contributed by atoms with Crippen molar-refractivity contribution in [2.75, 3.05) is 0 Å². The molecule has 1 N–H and O–H groups in total. The van der Waals surface area contributed by atoms with Gasteiger partial charge in [0.15, 0.2) is 0 Å². The summed E-state index contributed by atoms with van der Waals surface area (Å²) in [6.45, 7) is -0.114. The van der Waals surface area contributed by atoms with Crippen LogP contribution in [0.25, 0.3) is 5.78 Å². The van der Waals surface area contributed by atoms with E-state index in [0.29, 0.717) is 16.5 Å². The van der Waals surface area contributed by atoms with E-state index in [2.05, 4.69) is 27.7 Å². The molecule has 0 saturated heterocycles. The molecule has 2 heterocycles. The number of aliphatic hydroxyl groups is 1. The van der Waals surface area contributed by atoms with E-state index in [1.54, 1.807) is 6.07 Å². The Bertz CT molecular complexity index is 413. The van der Waals surface area contributed by atoms with Crippen LogP contribution in [0.2, 0.25) is 0 Å². The molecule has 2 aromatic rings. The Balaban J connectivity index is 2.75. The summed E-state index contributed by atoms with van der Waals surface area (Å²) >= 11 is 4.15. The summed E-state index contributed by atoms with van der Waals surface area (Å²) in [4.78, 5) is 7.87. The first-order valence-electron chi connectivity index (χ1n) is 3.31. The highest BCUT2D eigenvalue weighted by molar-refractivity contribution is 7.80. The Kier molecular flexibility index (Phi) is 1.70. The molecule has 6 heteroatoms. The average molecular weight is 182 g/mol. The van der Waals surface area contributed by atoms with Crippen LogP contribution in [0.1, 0.15) is 5.69 Å². The van der Waals surface area contributed by atoms with E-state index in [1.165, 1.54) is 10.8 Å². The van der Waals surface area contributed by atoms with Crippen LogP contribution in [0.3, 0.4) is 0 Å². The molecular weight excluding hydrogens is 176 g/mol. The van der Waals surface area contributed by atoms with Crippen molar-refractivity contribution in [1.82, 2.24) is 19.6 Å². The standard InChI is InChI=1S/C6H6N4OS/c11-2-4-1-5(12)10-6(9-4)7-3-8-10/h1,3,11-12H,2H2. The Morgan fingerprint density at radius 3 is 3.17 bits per heavy atom.